The Hall–Kier alpha value is -2.84. The number of hydrogen-bond acceptors (Lipinski definition) is 4. The van der Waals surface area contributed by atoms with E-state index in [1.54, 1.807) is 25.3 Å². The second kappa shape index (κ2) is 9.11. The Bertz CT molecular complexity index is 1150. The molecular formula is C23H27N3O4S. The first kappa shape index (κ1) is 21.4. The molecule has 1 aromatic heterocycles. The largest absolute Gasteiger partial charge is 0.497 e. The van der Waals surface area contributed by atoms with Gasteiger partial charge in [0.05, 0.1) is 12.0 Å². The van der Waals surface area contributed by atoms with Crippen LogP contribution in [0.1, 0.15) is 30.7 Å². The van der Waals surface area contributed by atoms with Crippen molar-refractivity contribution in [3.63, 3.8) is 0 Å². The first-order valence-corrected chi connectivity index (χ1v) is 11.9. The fourth-order valence-electron chi connectivity index (χ4n) is 4.16. The fraction of sp³-hybridized carbons (Fsp3) is 0.348. The number of likely N-dealkylation sites (tertiary alicyclic amines) is 1. The van der Waals surface area contributed by atoms with Crippen molar-refractivity contribution < 1.29 is 17.9 Å². The SMILES string of the molecule is COc1ccc2[nH]cc(C3CCN(C(=O)CCNS(=O)(=O)c4ccccc4)CC3)c2c1. The molecule has 1 aliphatic rings. The maximum Gasteiger partial charge on any atom is 0.240 e. The Labute approximate surface area is 182 Å². The third kappa shape index (κ3) is 4.75. The Morgan fingerprint density at radius 2 is 1.90 bits per heavy atom. The number of nitrogens with one attached hydrogen (secondary N) is 2. The molecule has 0 aliphatic carbocycles. The van der Waals surface area contributed by atoms with E-state index in [-0.39, 0.29) is 23.8 Å². The summed E-state index contributed by atoms with van der Waals surface area (Å²) >= 11 is 0. The number of piperidine rings is 1. The predicted octanol–water partition coefficient (Wildman–Crippen LogP) is 3.25. The average molecular weight is 442 g/mol. The Balaban J connectivity index is 1.30. The average Bonchev–Trinajstić information content (AvgIpc) is 3.22. The van der Waals surface area contributed by atoms with Gasteiger partial charge in [-0.15, -0.1) is 0 Å². The number of aromatic nitrogens is 1. The zero-order chi connectivity index (χ0) is 21.8. The number of benzene rings is 2. The van der Waals surface area contributed by atoms with Crippen LogP contribution in [0.2, 0.25) is 0 Å². The number of methoxy groups -OCH3 is 1. The summed E-state index contributed by atoms with van der Waals surface area (Å²) in [4.78, 5) is 17.9. The molecule has 4 rings (SSSR count). The third-order valence-electron chi connectivity index (χ3n) is 5.89. The Morgan fingerprint density at radius 3 is 2.61 bits per heavy atom. The second-order valence-electron chi connectivity index (χ2n) is 7.77. The highest BCUT2D eigenvalue weighted by molar-refractivity contribution is 7.89. The van der Waals surface area contributed by atoms with Gasteiger partial charge in [0.2, 0.25) is 15.9 Å². The normalized spacial score (nSPS) is 15.3. The molecule has 0 radical (unpaired) electrons. The maximum absolute atomic E-state index is 12.6. The van der Waals surface area contributed by atoms with Crippen molar-refractivity contribution in [2.45, 2.75) is 30.1 Å². The van der Waals surface area contributed by atoms with E-state index in [1.165, 1.54) is 23.1 Å². The van der Waals surface area contributed by atoms with Gasteiger partial charge in [0.25, 0.3) is 0 Å². The van der Waals surface area contributed by atoms with Crippen molar-refractivity contribution in [1.82, 2.24) is 14.6 Å². The molecule has 3 aromatic rings. The van der Waals surface area contributed by atoms with Gasteiger partial charge in [-0.1, -0.05) is 18.2 Å². The summed E-state index contributed by atoms with van der Waals surface area (Å²) in [6.07, 6.45) is 3.98. The summed E-state index contributed by atoms with van der Waals surface area (Å²) in [5.41, 5.74) is 2.34. The molecule has 0 atom stereocenters. The van der Waals surface area contributed by atoms with Gasteiger partial charge in [0.1, 0.15) is 5.75 Å². The van der Waals surface area contributed by atoms with Crippen LogP contribution in [0.3, 0.4) is 0 Å². The minimum absolute atomic E-state index is 0.0187. The maximum atomic E-state index is 12.6. The van der Waals surface area contributed by atoms with Crippen LogP contribution < -0.4 is 9.46 Å². The molecule has 1 amide bonds. The van der Waals surface area contributed by atoms with Crippen LogP contribution in [-0.2, 0) is 14.8 Å². The van der Waals surface area contributed by atoms with Crippen LogP contribution >= 0.6 is 0 Å². The summed E-state index contributed by atoms with van der Waals surface area (Å²) in [5, 5.41) is 1.17. The van der Waals surface area contributed by atoms with Gasteiger partial charge in [-0.25, -0.2) is 13.1 Å². The lowest BCUT2D eigenvalue weighted by atomic mass is 9.89. The Kier molecular flexibility index (Phi) is 6.29. The molecule has 2 heterocycles. The molecule has 0 saturated carbocycles. The standard InChI is InChI=1S/C23H27N3O4S/c1-30-18-7-8-22-20(15-18)21(16-24-22)17-10-13-26(14-11-17)23(27)9-12-25-31(28,29)19-5-3-2-4-6-19/h2-8,15-17,24-25H,9-14H2,1H3. The van der Waals surface area contributed by atoms with E-state index in [1.807, 2.05) is 17.0 Å². The van der Waals surface area contributed by atoms with Crippen LogP contribution in [0.5, 0.6) is 5.75 Å². The van der Waals surface area contributed by atoms with Gasteiger partial charge < -0.3 is 14.6 Å². The highest BCUT2D eigenvalue weighted by Crippen LogP contribution is 2.34. The molecular weight excluding hydrogens is 414 g/mol. The number of fused-ring (bicyclic) bond motifs is 1. The smallest absolute Gasteiger partial charge is 0.240 e. The van der Waals surface area contributed by atoms with E-state index in [9.17, 15) is 13.2 Å². The van der Waals surface area contributed by atoms with Crippen LogP contribution in [-0.4, -0.2) is 51.0 Å². The topological polar surface area (TPSA) is 91.5 Å². The Morgan fingerprint density at radius 1 is 1.16 bits per heavy atom. The van der Waals surface area contributed by atoms with Gasteiger partial charge in [-0.05, 0) is 54.7 Å². The first-order valence-electron chi connectivity index (χ1n) is 10.5. The van der Waals surface area contributed by atoms with Gasteiger partial charge in [0.15, 0.2) is 0 Å². The highest BCUT2D eigenvalue weighted by atomic mass is 32.2. The summed E-state index contributed by atoms with van der Waals surface area (Å²) in [6, 6.07) is 14.2. The van der Waals surface area contributed by atoms with Crippen molar-refractivity contribution >= 4 is 26.8 Å². The van der Waals surface area contributed by atoms with Gasteiger partial charge in [-0.2, -0.15) is 0 Å². The molecule has 164 valence electrons. The third-order valence-corrected chi connectivity index (χ3v) is 7.37. The van der Waals surface area contributed by atoms with Gasteiger partial charge >= 0.3 is 0 Å². The number of nitrogens with zero attached hydrogens (tertiary/aromatic N) is 1. The molecule has 31 heavy (non-hydrogen) atoms. The van der Waals surface area contributed by atoms with Crippen LogP contribution in [0.25, 0.3) is 10.9 Å². The summed E-state index contributed by atoms with van der Waals surface area (Å²) in [7, 11) is -1.92. The van der Waals surface area contributed by atoms with Crippen molar-refractivity contribution in [1.29, 1.82) is 0 Å². The lowest BCUT2D eigenvalue weighted by molar-refractivity contribution is -0.132. The van der Waals surface area contributed by atoms with Gasteiger partial charge in [0, 0.05) is 43.2 Å². The number of rotatable bonds is 7. The summed E-state index contributed by atoms with van der Waals surface area (Å²) in [6.45, 7) is 1.44. The number of sulfonamides is 1. The predicted molar refractivity (Wildman–Crippen MR) is 120 cm³/mol. The molecule has 0 unspecified atom stereocenters. The van der Waals surface area contributed by atoms with Crippen molar-refractivity contribution in [2.24, 2.45) is 0 Å². The molecule has 1 fully saturated rings. The minimum atomic E-state index is -3.59. The number of carbonyl (C=O) groups excluding carboxylic acids is 1. The van der Waals surface area contributed by atoms with Crippen LogP contribution in [0, 0.1) is 0 Å². The number of H-pyrrole nitrogens is 1. The summed E-state index contributed by atoms with van der Waals surface area (Å²) < 4.78 is 32.4. The fourth-order valence-corrected chi connectivity index (χ4v) is 5.21. The quantitative estimate of drug-likeness (QED) is 0.589. The van der Waals surface area contributed by atoms with Crippen molar-refractivity contribution in [3.8, 4) is 5.75 Å². The number of carbonyl (C=O) groups is 1. The molecule has 2 aromatic carbocycles. The zero-order valence-corrected chi connectivity index (χ0v) is 18.3. The van der Waals surface area contributed by atoms with Crippen LogP contribution in [0.4, 0.5) is 0 Å². The second-order valence-corrected chi connectivity index (χ2v) is 9.54. The van der Waals surface area contributed by atoms with E-state index < -0.39 is 10.0 Å². The highest BCUT2D eigenvalue weighted by Gasteiger charge is 2.25. The molecule has 0 spiro atoms. The monoisotopic (exact) mass is 441 g/mol. The minimum Gasteiger partial charge on any atom is -0.497 e. The van der Waals surface area contributed by atoms with E-state index in [0.29, 0.717) is 19.0 Å². The number of ether oxygens (including phenoxy) is 1. The van der Waals surface area contributed by atoms with E-state index >= 15 is 0 Å². The number of amides is 1. The zero-order valence-electron chi connectivity index (χ0n) is 17.5. The van der Waals surface area contributed by atoms with E-state index in [0.717, 1.165) is 24.1 Å². The summed E-state index contributed by atoms with van der Waals surface area (Å²) in [5.74, 6) is 1.19. The van der Waals surface area contributed by atoms with Gasteiger partial charge in [-0.3, -0.25) is 4.79 Å². The molecule has 1 saturated heterocycles. The van der Waals surface area contributed by atoms with Crippen LogP contribution in [0.15, 0.2) is 59.6 Å². The molecule has 0 bridgehead atoms. The molecule has 1 aliphatic heterocycles. The molecule has 2 N–H and O–H groups in total. The lowest BCUT2D eigenvalue weighted by Crippen LogP contribution is -2.39. The van der Waals surface area contributed by atoms with Crippen molar-refractivity contribution in [3.05, 3.63) is 60.3 Å². The lowest BCUT2D eigenvalue weighted by Gasteiger charge is -2.32. The van der Waals surface area contributed by atoms with E-state index in [4.69, 9.17) is 4.74 Å². The molecule has 8 heteroatoms. The number of hydrogen-bond donors (Lipinski definition) is 2. The molecule has 7 nitrogen and oxygen atoms in total. The number of aromatic amines is 1. The van der Waals surface area contributed by atoms with E-state index in [2.05, 4.69) is 22.0 Å². The van der Waals surface area contributed by atoms with Crippen molar-refractivity contribution in [2.75, 3.05) is 26.7 Å². The first-order chi connectivity index (χ1) is 15.0.